The first-order chi connectivity index (χ1) is 11.6. The lowest BCUT2D eigenvalue weighted by atomic mass is 10.2. The van der Waals surface area contributed by atoms with Gasteiger partial charge in [0.25, 0.3) is 11.5 Å². The normalized spacial score (nSPS) is 10.5. The number of aryl methyl sites for hydroxylation is 1. The van der Waals surface area contributed by atoms with Crippen molar-refractivity contribution < 1.29 is 4.79 Å². The van der Waals surface area contributed by atoms with E-state index in [2.05, 4.69) is 20.3 Å². The number of thiazole rings is 1. The van der Waals surface area contributed by atoms with Gasteiger partial charge in [0.1, 0.15) is 11.5 Å². The maximum absolute atomic E-state index is 12.2. The van der Waals surface area contributed by atoms with Crippen molar-refractivity contribution in [2.75, 3.05) is 0 Å². The van der Waals surface area contributed by atoms with Crippen LogP contribution in [-0.4, -0.2) is 20.9 Å². The molecule has 24 heavy (non-hydrogen) atoms. The molecule has 0 atom stereocenters. The first kappa shape index (κ1) is 16.1. The van der Waals surface area contributed by atoms with Crippen LogP contribution in [0.1, 0.15) is 32.6 Å². The van der Waals surface area contributed by atoms with Crippen LogP contribution in [0.4, 0.5) is 0 Å². The third-order valence-electron chi connectivity index (χ3n) is 3.33. The van der Waals surface area contributed by atoms with E-state index in [1.54, 1.807) is 12.3 Å². The number of hydrogen-bond donors (Lipinski definition) is 2. The summed E-state index contributed by atoms with van der Waals surface area (Å²) >= 11 is 1.46. The fourth-order valence-corrected chi connectivity index (χ4v) is 3.07. The third kappa shape index (κ3) is 4.14. The Morgan fingerprint density at radius 3 is 2.79 bits per heavy atom. The lowest BCUT2D eigenvalue weighted by Gasteiger charge is -2.03. The monoisotopic (exact) mass is 340 g/mol. The fraction of sp³-hybridized carbons (Fsp3) is 0.176. The molecule has 0 fully saturated rings. The van der Waals surface area contributed by atoms with Crippen molar-refractivity contribution in [1.29, 1.82) is 0 Å². The number of hydrogen-bond acceptors (Lipinski definition) is 5. The van der Waals surface area contributed by atoms with Crippen molar-refractivity contribution in [1.82, 2.24) is 20.3 Å². The SMILES string of the molecule is Cc1nc(CNC(=O)c2csc(Cc3ccccc3)n2)cc(=O)[nH]1. The summed E-state index contributed by atoms with van der Waals surface area (Å²) in [6.45, 7) is 1.89. The Kier molecular flexibility index (Phi) is 4.81. The minimum Gasteiger partial charge on any atom is -0.345 e. The second kappa shape index (κ2) is 7.18. The predicted molar refractivity (Wildman–Crippen MR) is 92.1 cm³/mol. The number of carbonyl (C=O) groups excluding carboxylic acids is 1. The number of aromatic amines is 1. The van der Waals surface area contributed by atoms with Gasteiger partial charge in [-0.2, -0.15) is 0 Å². The van der Waals surface area contributed by atoms with E-state index in [0.29, 0.717) is 23.6 Å². The van der Waals surface area contributed by atoms with E-state index in [-0.39, 0.29) is 18.0 Å². The summed E-state index contributed by atoms with van der Waals surface area (Å²) in [5.74, 6) is 0.246. The van der Waals surface area contributed by atoms with E-state index in [1.807, 2.05) is 30.3 Å². The Hall–Kier alpha value is -2.80. The van der Waals surface area contributed by atoms with Gasteiger partial charge in [0, 0.05) is 17.9 Å². The molecule has 0 saturated carbocycles. The number of nitrogens with zero attached hydrogens (tertiary/aromatic N) is 2. The van der Waals surface area contributed by atoms with Gasteiger partial charge in [0.05, 0.1) is 17.2 Å². The molecule has 122 valence electrons. The molecule has 0 aliphatic rings. The maximum atomic E-state index is 12.2. The van der Waals surface area contributed by atoms with E-state index >= 15 is 0 Å². The number of amides is 1. The van der Waals surface area contributed by atoms with Gasteiger partial charge in [-0.3, -0.25) is 9.59 Å². The van der Waals surface area contributed by atoms with Crippen molar-refractivity contribution in [3.05, 3.63) is 79.9 Å². The highest BCUT2D eigenvalue weighted by Gasteiger charge is 2.11. The number of nitrogens with one attached hydrogen (secondary N) is 2. The van der Waals surface area contributed by atoms with E-state index in [4.69, 9.17) is 0 Å². The quantitative estimate of drug-likeness (QED) is 0.744. The van der Waals surface area contributed by atoms with Crippen LogP contribution in [0.5, 0.6) is 0 Å². The molecule has 0 aliphatic carbocycles. The highest BCUT2D eigenvalue weighted by molar-refractivity contribution is 7.09. The highest BCUT2D eigenvalue weighted by Crippen LogP contribution is 2.14. The van der Waals surface area contributed by atoms with Gasteiger partial charge in [-0.15, -0.1) is 11.3 Å². The van der Waals surface area contributed by atoms with Crippen molar-refractivity contribution in [3.63, 3.8) is 0 Å². The highest BCUT2D eigenvalue weighted by atomic mass is 32.1. The van der Waals surface area contributed by atoms with Crippen molar-refractivity contribution >= 4 is 17.2 Å². The van der Waals surface area contributed by atoms with Crippen LogP contribution in [-0.2, 0) is 13.0 Å². The second-order valence-electron chi connectivity index (χ2n) is 5.29. The van der Waals surface area contributed by atoms with E-state index in [0.717, 1.165) is 10.6 Å². The zero-order chi connectivity index (χ0) is 16.9. The molecular weight excluding hydrogens is 324 g/mol. The summed E-state index contributed by atoms with van der Waals surface area (Å²) < 4.78 is 0. The lowest BCUT2D eigenvalue weighted by Crippen LogP contribution is -2.25. The van der Waals surface area contributed by atoms with Crippen molar-refractivity contribution in [3.8, 4) is 0 Å². The number of carbonyl (C=O) groups is 1. The van der Waals surface area contributed by atoms with Gasteiger partial charge in [-0.1, -0.05) is 30.3 Å². The van der Waals surface area contributed by atoms with E-state index < -0.39 is 0 Å². The summed E-state index contributed by atoms with van der Waals surface area (Å²) in [5.41, 5.74) is 1.82. The van der Waals surface area contributed by atoms with Crippen molar-refractivity contribution in [2.24, 2.45) is 0 Å². The Labute approximate surface area is 142 Å². The van der Waals surface area contributed by atoms with Crippen LogP contribution >= 0.6 is 11.3 Å². The van der Waals surface area contributed by atoms with Gasteiger partial charge in [0.15, 0.2) is 0 Å². The number of aromatic nitrogens is 3. The third-order valence-corrected chi connectivity index (χ3v) is 4.17. The van der Waals surface area contributed by atoms with Gasteiger partial charge in [-0.05, 0) is 12.5 Å². The summed E-state index contributed by atoms with van der Waals surface area (Å²) in [4.78, 5) is 34.7. The molecule has 2 N–H and O–H groups in total. The molecule has 0 bridgehead atoms. The standard InChI is InChI=1S/C17H16N4O2S/c1-11-19-13(8-15(22)20-11)9-18-17(23)14-10-24-16(21-14)7-12-5-3-2-4-6-12/h2-6,8,10H,7,9H2,1H3,(H,18,23)(H,19,20,22). The Morgan fingerprint density at radius 1 is 1.25 bits per heavy atom. The molecule has 0 aliphatic heterocycles. The molecule has 0 spiro atoms. The minimum atomic E-state index is -0.273. The maximum Gasteiger partial charge on any atom is 0.271 e. The van der Waals surface area contributed by atoms with Gasteiger partial charge >= 0.3 is 0 Å². The molecule has 3 aromatic rings. The largest absolute Gasteiger partial charge is 0.345 e. The summed E-state index contributed by atoms with van der Waals surface area (Å²) in [6.07, 6.45) is 0.702. The van der Waals surface area contributed by atoms with E-state index in [1.165, 1.54) is 17.4 Å². The Balaban J connectivity index is 1.62. The summed E-state index contributed by atoms with van der Waals surface area (Å²) in [7, 11) is 0. The molecule has 2 aromatic heterocycles. The zero-order valence-electron chi connectivity index (χ0n) is 13.1. The number of H-pyrrole nitrogens is 1. The average molecular weight is 340 g/mol. The topological polar surface area (TPSA) is 87.7 Å². The zero-order valence-corrected chi connectivity index (χ0v) is 13.9. The molecular formula is C17H16N4O2S. The molecule has 2 heterocycles. The Morgan fingerprint density at radius 2 is 2.04 bits per heavy atom. The predicted octanol–water partition coefficient (Wildman–Crippen LogP) is 2.06. The van der Waals surface area contributed by atoms with Crippen molar-refractivity contribution in [2.45, 2.75) is 19.9 Å². The van der Waals surface area contributed by atoms with Crippen LogP contribution in [0.15, 0.2) is 46.6 Å². The smallest absolute Gasteiger partial charge is 0.271 e. The molecule has 0 unspecified atom stereocenters. The minimum absolute atomic E-state index is 0.190. The first-order valence-electron chi connectivity index (χ1n) is 7.43. The summed E-state index contributed by atoms with van der Waals surface area (Å²) in [6, 6.07) is 11.4. The molecule has 0 radical (unpaired) electrons. The summed E-state index contributed by atoms with van der Waals surface area (Å²) in [5, 5.41) is 5.36. The first-order valence-corrected chi connectivity index (χ1v) is 8.31. The van der Waals surface area contributed by atoms with Crippen LogP contribution < -0.4 is 10.9 Å². The van der Waals surface area contributed by atoms with Crippen LogP contribution in [0.25, 0.3) is 0 Å². The molecule has 1 aromatic carbocycles. The molecule has 3 rings (SSSR count). The van der Waals surface area contributed by atoms with Crippen LogP contribution in [0.3, 0.4) is 0 Å². The van der Waals surface area contributed by atoms with Gasteiger partial charge in [-0.25, -0.2) is 9.97 Å². The van der Waals surface area contributed by atoms with Crippen LogP contribution in [0, 0.1) is 6.92 Å². The Bertz CT molecular complexity index is 902. The lowest BCUT2D eigenvalue weighted by molar-refractivity contribution is 0.0946. The van der Waals surface area contributed by atoms with Gasteiger partial charge < -0.3 is 10.3 Å². The molecule has 6 nitrogen and oxygen atoms in total. The molecule has 7 heteroatoms. The molecule has 1 amide bonds. The fourth-order valence-electron chi connectivity index (χ4n) is 2.26. The van der Waals surface area contributed by atoms with E-state index in [9.17, 15) is 9.59 Å². The second-order valence-corrected chi connectivity index (χ2v) is 6.24. The number of benzene rings is 1. The number of rotatable bonds is 5. The average Bonchev–Trinajstić information content (AvgIpc) is 3.01. The molecule has 0 saturated heterocycles. The van der Waals surface area contributed by atoms with Gasteiger partial charge in [0.2, 0.25) is 0 Å². The van der Waals surface area contributed by atoms with Crippen LogP contribution in [0.2, 0.25) is 0 Å².